The molecular weight excluding hydrogens is 347 g/mol. The lowest BCUT2D eigenvalue weighted by Gasteiger charge is -2.03. The quantitative estimate of drug-likeness (QED) is 0.325. The van der Waals surface area contributed by atoms with Crippen molar-refractivity contribution in [1.29, 1.82) is 0 Å². The lowest BCUT2D eigenvalue weighted by atomic mass is 10.1. The number of hydrogen-bond donors (Lipinski definition) is 4. The van der Waals surface area contributed by atoms with Gasteiger partial charge in [0.05, 0.1) is 18.4 Å². The highest BCUT2D eigenvalue weighted by molar-refractivity contribution is 6.07. The largest absolute Gasteiger partial charge is 0.371 e. The highest BCUT2D eigenvalue weighted by Gasteiger charge is 2.15. The summed E-state index contributed by atoms with van der Waals surface area (Å²) in [5.41, 5.74) is 15.3. The van der Waals surface area contributed by atoms with Crippen molar-refractivity contribution in [3.63, 3.8) is 0 Å². The Balaban J connectivity index is 1.89. The van der Waals surface area contributed by atoms with Crippen molar-refractivity contribution in [3.05, 3.63) is 42.0 Å². The van der Waals surface area contributed by atoms with Gasteiger partial charge in [-0.2, -0.15) is 0 Å². The molecule has 3 heterocycles. The van der Waals surface area contributed by atoms with Crippen LogP contribution in [0.1, 0.15) is 5.56 Å². The Hall–Kier alpha value is -3.62. The number of aromatic nitrogens is 4. The van der Waals surface area contributed by atoms with E-state index in [1.807, 2.05) is 23.7 Å². The Bertz CT molecular complexity index is 1180. The molecule has 0 radical (unpaired) electrons. The van der Waals surface area contributed by atoms with Gasteiger partial charge < -0.3 is 26.3 Å². The molecule has 0 fully saturated rings. The van der Waals surface area contributed by atoms with Gasteiger partial charge in [0, 0.05) is 30.7 Å². The minimum atomic E-state index is -0.360. The molecule has 1 aromatic carbocycles. The summed E-state index contributed by atoms with van der Waals surface area (Å²) in [7, 11) is 3.73. The molecule has 0 spiro atoms. The third-order valence-corrected chi connectivity index (χ3v) is 4.39. The van der Waals surface area contributed by atoms with Gasteiger partial charge in [-0.1, -0.05) is 0 Å². The molecule has 0 aliphatic rings. The van der Waals surface area contributed by atoms with E-state index < -0.39 is 0 Å². The first-order chi connectivity index (χ1) is 13.0. The second kappa shape index (κ2) is 6.27. The lowest BCUT2D eigenvalue weighted by molar-refractivity contribution is 0.626. The molecular formula is C18H19FN8. The number of nitrogens with two attached hydrogens (primary N) is 2. The van der Waals surface area contributed by atoms with Crippen molar-refractivity contribution in [2.24, 2.45) is 23.5 Å². The Morgan fingerprint density at radius 1 is 1.30 bits per heavy atom. The van der Waals surface area contributed by atoms with Gasteiger partial charge in [0.15, 0.2) is 11.8 Å². The Morgan fingerprint density at radius 3 is 2.85 bits per heavy atom. The second-order valence-corrected chi connectivity index (χ2v) is 6.30. The van der Waals surface area contributed by atoms with E-state index in [1.165, 1.54) is 12.1 Å². The molecule has 8 nitrogen and oxygen atoms in total. The number of nitrogens with zero attached hydrogens (tertiary/aromatic N) is 4. The van der Waals surface area contributed by atoms with Crippen LogP contribution < -0.4 is 16.8 Å². The first kappa shape index (κ1) is 16.8. The zero-order valence-electron chi connectivity index (χ0n) is 14.9. The van der Waals surface area contributed by atoms with E-state index in [9.17, 15) is 4.39 Å². The molecule has 6 N–H and O–H groups in total. The molecule has 0 saturated carbocycles. The molecule has 4 aromatic rings. The molecule has 0 unspecified atom stereocenters. The number of benzene rings is 1. The SMILES string of the molecule is CNc1nc2[nH]c(-c3cc(F)cc(CN=C(N)N)c3)cc2c2c1ncn2C. The van der Waals surface area contributed by atoms with Gasteiger partial charge in [0.1, 0.15) is 17.0 Å². The van der Waals surface area contributed by atoms with E-state index in [0.29, 0.717) is 22.6 Å². The van der Waals surface area contributed by atoms with Crippen LogP contribution in [-0.4, -0.2) is 32.5 Å². The highest BCUT2D eigenvalue weighted by atomic mass is 19.1. The van der Waals surface area contributed by atoms with E-state index in [4.69, 9.17) is 11.5 Å². The number of aromatic amines is 1. The predicted octanol–water partition coefficient (Wildman–Crippen LogP) is 2.07. The van der Waals surface area contributed by atoms with Crippen molar-refractivity contribution >= 4 is 33.8 Å². The number of anilines is 1. The van der Waals surface area contributed by atoms with Crippen LogP contribution in [-0.2, 0) is 13.6 Å². The van der Waals surface area contributed by atoms with Crippen LogP contribution in [0.5, 0.6) is 0 Å². The molecule has 138 valence electrons. The molecule has 0 aliphatic heterocycles. The summed E-state index contributed by atoms with van der Waals surface area (Å²) >= 11 is 0. The minimum absolute atomic E-state index is 0.0335. The average molecular weight is 366 g/mol. The maximum Gasteiger partial charge on any atom is 0.186 e. The maximum atomic E-state index is 14.1. The number of fused-ring (bicyclic) bond motifs is 3. The molecule has 0 aliphatic carbocycles. The van der Waals surface area contributed by atoms with Crippen LogP contribution in [0.25, 0.3) is 33.3 Å². The van der Waals surface area contributed by atoms with E-state index >= 15 is 0 Å². The average Bonchev–Trinajstić information content (AvgIpc) is 3.22. The topological polar surface area (TPSA) is 123 Å². The summed E-state index contributed by atoms with van der Waals surface area (Å²) in [6.45, 7) is 0.210. The maximum absolute atomic E-state index is 14.1. The van der Waals surface area contributed by atoms with Crippen LogP contribution in [0.15, 0.2) is 35.6 Å². The second-order valence-electron chi connectivity index (χ2n) is 6.30. The normalized spacial score (nSPS) is 11.2. The smallest absolute Gasteiger partial charge is 0.186 e. The standard InChI is InChI=1S/C18H19FN8/c1-22-17-14-15(27(2)8-24-14)12-6-13(25-16(12)26-17)10-3-9(4-11(19)5-10)7-23-18(20)21/h3-6,8H,7H2,1-2H3,(H4,20,21,23)(H2,22,25,26). The number of aliphatic imine (C=N–C) groups is 1. The van der Waals surface area contributed by atoms with Gasteiger partial charge in [-0.05, 0) is 29.8 Å². The van der Waals surface area contributed by atoms with Crippen LogP contribution in [0.2, 0.25) is 0 Å². The number of guanidine groups is 1. The molecule has 0 atom stereocenters. The molecule has 0 bridgehead atoms. The third kappa shape index (κ3) is 2.92. The van der Waals surface area contributed by atoms with Gasteiger partial charge in [-0.3, -0.25) is 0 Å². The monoisotopic (exact) mass is 366 g/mol. The summed E-state index contributed by atoms with van der Waals surface area (Å²) in [6.07, 6.45) is 1.74. The molecule has 9 heteroatoms. The van der Waals surface area contributed by atoms with Crippen molar-refractivity contribution in [2.45, 2.75) is 6.54 Å². The van der Waals surface area contributed by atoms with E-state index in [1.54, 1.807) is 13.4 Å². The molecule has 3 aromatic heterocycles. The lowest BCUT2D eigenvalue weighted by Crippen LogP contribution is -2.22. The van der Waals surface area contributed by atoms with E-state index in [2.05, 4.69) is 25.3 Å². The number of rotatable bonds is 4. The van der Waals surface area contributed by atoms with Crippen LogP contribution >= 0.6 is 0 Å². The van der Waals surface area contributed by atoms with Crippen LogP contribution in [0.3, 0.4) is 0 Å². The number of H-pyrrole nitrogens is 1. The van der Waals surface area contributed by atoms with Gasteiger partial charge in [0.2, 0.25) is 0 Å². The molecule has 0 saturated heterocycles. The van der Waals surface area contributed by atoms with Crippen molar-refractivity contribution in [1.82, 2.24) is 19.5 Å². The fourth-order valence-corrected chi connectivity index (χ4v) is 3.21. The van der Waals surface area contributed by atoms with Gasteiger partial charge in [-0.15, -0.1) is 0 Å². The minimum Gasteiger partial charge on any atom is -0.371 e. The van der Waals surface area contributed by atoms with Crippen molar-refractivity contribution < 1.29 is 4.39 Å². The number of pyridine rings is 1. The first-order valence-corrected chi connectivity index (χ1v) is 8.33. The Kier molecular flexibility index (Phi) is 3.91. The van der Waals surface area contributed by atoms with Gasteiger partial charge in [0.25, 0.3) is 0 Å². The van der Waals surface area contributed by atoms with Crippen molar-refractivity contribution in [2.75, 3.05) is 12.4 Å². The summed E-state index contributed by atoms with van der Waals surface area (Å²) < 4.78 is 16.1. The van der Waals surface area contributed by atoms with E-state index in [0.717, 1.165) is 22.1 Å². The fraction of sp³-hybridized carbons (Fsp3) is 0.167. The molecule has 4 rings (SSSR count). The number of hydrogen-bond acceptors (Lipinski definition) is 4. The summed E-state index contributed by atoms with van der Waals surface area (Å²) in [4.78, 5) is 16.2. The zero-order chi connectivity index (χ0) is 19.1. The van der Waals surface area contributed by atoms with Crippen LogP contribution in [0.4, 0.5) is 10.2 Å². The molecule has 27 heavy (non-hydrogen) atoms. The highest BCUT2D eigenvalue weighted by Crippen LogP contribution is 2.32. The number of imidazole rings is 1. The fourth-order valence-electron chi connectivity index (χ4n) is 3.21. The number of halogens is 1. The number of aryl methyl sites for hydroxylation is 1. The third-order valence-electron chi connectivity index (χ3n) is 4.39. The van der Waals surface area contributed by atoms with Gasteiger partial charge >= 0.3 is 0 Å². The van der Waals surface area contributed by atoms with Crippen LogP contribution in [0, 0.1) is 5.82 Å². The van der Waals surface area contributed by atoms with Gasteiger partial charge in [-0.25, -0.2) is 19.4 Å². The predicted molar refractivity (Wildman–Crippen MR) is 105 cm³/mol. The Morgan fingerprint density at radius 2 is 2.11 bits per heavy atom. The summed E-state index contributed by atoms with van der Waals surface area (Å²) in [5.74, 6) is 0.287. The first-order valence-electron chi connectivity index (χ1n) is 8.33. The van der Waals surface area contributed by atoms with E-state index in [-0.39, 0.29) is 18.3 Å². The van der Waals surface area contributed by atoms with Crippen molar-refractivity contribution in [3.8, 4) is 11.3 Å². The Labute approximate surface area is 154 Å². The molecule has 0 amide bonds. The summed E-state index contributed by atoms with van der Waals surface area (Å²) in [5, 5.41) is 3.98. The zero-order valence-corrected chi connectivity index (χ0v) is 14.9. The summed E-state index contributed by atoms with van der Waals surface area (Å²) in [6, 6.07) is 6.67. The number of nitrogens with one attached hydrogen (secondary N) is 2.